The molecule has 2 heterocycles. The van der Waals surface area contributed by atoms with E-state index in [0.29, 0.717) is 6.42 Å². The lowest BCUT2D eigenvalue weighted by Gasteiger charge is -2.33. The number of imide groups is 1. The summed E-state index contributed by atoms with van der Waals surface area (Å²) in [6, 6.07) is -7.50. The van der Waals surface area contributed by atoms with E-state index in [4.69, 9.17) is 5.73 Å². The zero-order valence-electron chi connectivity index (χ0n) is 40.7. The highest BCUT2D eigenvalue weighted by molar-refractivity contribution is 8.02. The van der Waals surface area contributed by atoms with E-state index in [0.717, 1.165) is 43.1 Å². The van der Waals surface area contributed by atoms with Gasteiger partial charge < -0.3 is 53.2 Å². The molecule has 2 aliphatic rings. The third-order valence-electron chi connectivity index (χ3n) is 11.2. The fourth-order valence-corrected chi connectivity index (χ4v) is 8.10. The normalized spacial score (nSPS) is 21.1. The Morgan fingerprint density at radius 3 is 2.15 bits per heavy atom. The Balaban J connectivity index is 1.98. The molecule has 1 fully saturated rings. The Labute approximate surface area is 405 Å². The van der Waals surface area contributed by atoms with Gasteiger partial charge in [-0.15, -0.1) is 11.8 Å². The van der Waals surface area contributed by atoms with Gasteiger partial charge in [0, 0.05) is 33.3 Å². The molecule has 2 aliphatic heterocycles. The molecule has 0 saturated carbocycles. The van der Waals surface area contributed by atoms with Gasteiger partial charge in [-0.05, 0) is 68.6 Å². The molecule has 0 spiro atoms. The van der Waals surface area contributed by atoms with Gasteiger partial charge in [-0.1, -0.05) is 84.1 Å². The minimum absolute atomic E-state index is 0.00943. The third kappa shape index (κ3) is 24.4. The van der Waals surface area contributed by atoms with Crippen molar-refractivity contribution in [1.82, 2.24) is 52.8 Å². The summed E-state index contributed by atoms with van der Waals surface area (Å²) in [5, 5.41) is 25.3. The molecule has 5 unspecified atom stereocenters. The lowest BCUT2D eigenvalue weighted by atomic mass is 10.0. The molecule has 0 aromatic rings. The highest BCUT2D eigenvalue weighted by Crippen LogP contribution is 2.16. The molecule has 2 rings (SSSR count). The Morgan fingerprint density at radius 2 is 1.53 bits per heavy atom. The maximum atomic E-state index is 13.9. The number of unbranched alkanes of at least 4 members (excludes halogenated alkanes) is 12. The van der Waals surface area contributed by atoms with Crippen molar-refractivity contribution in [2.75, 3.05) is 39.5 Å². The van der Waals surface area contributed by atoms with Crippen molar-refractivity contribution in [2.24, 2.45) is 16.6 Å². The molecule has 22 heteroatoms. The molecule has 0 aromatic carbocycles. The number of hydrogen-bond acceptors (Lipinski definition) is 11. The molecule has 0 radical (unpaired) electrons. The second kappa shape index (κ2) is 33.7. The van der Waals surface area contributed by atoms with Crippen molar-refractivity contribution in [3.05, 3.63) is 23.8 Å². The van der Waals surface area contributed by atoms with Gasteiger partial charge in [0.2, 0.25) is 41.4 Å². The average molecular weight is 975 g/mol. The van der Waals surface area contributed by atoms with E-state index in [2.05, 4.69) is 52.8 Å². The monoisotopic (exact) mass is 975 g/mol. The Hall–Kier alpha value is -5.67. The number of allylic oxidation sites excluding steroid dienone is 1. The first-order valence-corrected chi connectivity index (χ1v) is 25.1. The number of nitrogens with zero attached hydrogens (tertiary/aromatic N) is 2. The molecule has 0 aliphatic carbocycles. The van der Waals surface area contributed by atoms with Crippen molar-refractivity contribution in [2.45, 2.75) is 160 Å². The summed E-state index contributed by atoms with van der Waals surface area (Å²) in [6.45, 7) is 5.03. The number of aliphatic imine (C=N–C) groups is 1. The lowest BCUT2D eigenvalue weighted by molar-refractivity contribution is -0.133. The molecule has 68 heavy (non-hydrogen) atoms. The highest BCUT2D eigenvalue weighted by Gasteiger charge is 2.38. The third-order valence-corrected chi connectivity index (χ3v) is 12.0. The first-order valence-electron chi connectivity index (χ1n) is 24.1. The highest BCUT2D eigenvalue weighted by atomic mass is 32.2. The molecule has 21 nitrogen and oxygen atoms in total. The van der Waals surface area contributed by atoms with Gasteiger partial charge in [-0.25, -0.2) is 4.79 Å². The van der Waals surface area contributed by atoms with Crippen LogP contribution in [-0.2, 0) is 38.4 Å². The number of carbonyl (C=O) groups excluding carboxylic acids is 9. The van der Waals surface area contributed by atoms with Crippen LogP contribution in [0.25, 0.3) is 0 Å². The first kappa shape index (κ1) is 58.5. The summed E-state index contributed by atoms with van der Waals surface area (Å²) in [7, 11) is 3.62. The molecular weight excluding hydrogens is 897 g/mol. The standard InChI is InChI=1S/C46H78N12O9S/c1-31(2)28-36-44(66)52-29-39(61)54-35-30-58(36)46(67)57-43(65)33(21-22-37(47)59)56-42(64)34(23-26-68-27-25-50-41(35)63)55-40(62)32(3)53-38(60)20-18-16-14-12-10-8-6-7-9-11-13-15-17-19-24-51-45(48-4)49-5/h18,20,25,27,31-36H,6-17,19,21-24,26,28-30H2,1-5H3,(H2,47,59)(H,50,63)(H,52,66)(H,53,60)(H,54,61)(H,55,62)(H,56,64)(H2,48,49,51)(H,57,65,67)/b20-18+,27-25-. The van der Waals surface area contributed by atoms with Crippen LogP contribution in [0.5, 0.6) is 0 Å². The van der Waals surface area contributed by atoms with Gasteiger partial charge in [-0.3, -0.25) is 48.7 Å². The lowest BCUT2D eigenvalue weighted by Crippen LogP contribution is -2.61. The zero-order valence-corrected chi connectivity index (χ0v) is 41.5. The number of thioether (sulfide) groups is 1. The van der Waals surface area contributed by atoms with Crippen LogP contribution in [0.1, 0.15) is 130 Å². The van der Waals surface area contributed by atoms with Gasteiger partial charge in [0.1, 0.15) is 30.2 Å². The number of fused-ring (bicyclic) bond motifs is 2. The van der Waals surface area contributed by atoms with Crippen LogP contribution in [-0.4, -0.2) is 134 Å². The Kier molecular flexibility index (Phi) is 29.0. The zero-order chi connectivity index (χ0) is 50.3. The summed E-state index contributed by atoms with van der Waals surface area (Å²) < 4.78 is 0. The van der Waals surface area contributed by atoms with E-state index in [1.165, 1.54) is 87.7 Å². The summed E-state index contributed by atoms with van der Waals surface area (Å²) in [6.07, 6.45) is 18.8. The van der Waals surface area contributed by atoms with Crippen LogP contribution in [0.15, 0.2) is 28.8 Å². The number of primary amides is 1. The van der Waals surface area contributed by atoms with Crippen LogP contribution in [0.4, 0.5) is 4.79 Å². The maximum absolute atomic E-state index is 13.9. The van der Waals surface area contributed by atoms with Gasteiger partial charge in [-0.2, -0.15) is 0 Å². The van der Waals surface area contributed by atoms with Crippen LogP contribution < -0.4 is 53.6 Å². The molecular formula is C46H78N12O9S. The quantitative estimate of drug-likeness (QED) is 0.0285. The van der Waals surface area contributed by atoms with E-state index in [1.54, 1.807) is 27.0 Å². The molecule has 5 atom stereocenters. The van der Waals surface area contributed by atoms with Gasteiger partial charge >= 0.3 is 6.03 Å². The van der Waals surface area contributed by atoms with E-state index >= 15 is 0 Å². The Bertz CT molecular complexity index is 1760. The van der Waals surface area contributed by atoms with Gasteiger partial charge in [0.15, 0.2) is 5.96 Å². The van der Waals surface area contributed by atoms with Gasteiger partial charge in [0.25, 0.3) is 5.91 Å². The number of rotatable bonds is 24. The number of urea groups is 1. The van der Waals surface area contributed by atoms with Crippen LogP contribution in [0.3, 0.4) is 0 Å². The number of guanidine groups is 1. The molecule has 2 bridgehead atoms. The Morgan fingerprint density at radius 1 is 0.882 bits per heavy atom. The maximum Gasteiger partial charge on any atom is 0.324 e. The van der Waals surface area contributed by atoms with E-state index in [1.807, 2.05) is 7.05 Å². The topological polar surface area (TPSA) is 304 Å². The van der Waals surface area contributed by atoms with Crippen molar-refractivity contribution in [3.63, 3.8) is 0 Å². The van der Waals surface area contributed by atoms with Crippen molar-refractivity contribution in [3.8, 4) is 0 Å². The van der Waals surface area contributed by atoms with Crippen LogP contribution >= 0.6 is 11.8 Å². The van der Waals surface area contributed by atoms with Crippen LogP contribution in [0.2, 0.25) is 0 Å². The number of hydrogen-bond donors (Lipinski definition) is 10. The fraction of sp³-hybridized carbons (Fsp3) is 0.696. The summed E-state index contributed by atoms with van der Waals surface area (Å²) >= 11 is 1.17. The average Bonchev–Trinajstić information content (AvgIpc) is 3.35. The summed E-state index contributed by atoms with van der Waals surface area (Å²) in [4.78, 5) is 124. The van der Waals surface area contributed by atoms with E-state index < -0.39 is 96.6 Å². The van der Waals surface area contributed by atoms with E-state index in [9.17, 15) is 43.2 Å². The SMILES string of the molecule is CN=C(NC)NCCCCCCCCCCCCCC/C=C/C(=O)NC(C)C(=O)NC1CCS/C=C\NC(=O)C2CN(C(=O)NC(=O)C(CCC(N)=O)NC1=O)C(CC(C)C)C(=O)NCC(=O)N2. The fourth-order valence-electron chi connectivity index (χ4n) is 7.43. The van der Waals surface area contributed by atoms with E-state index in [-0.39, 0.29) is 37.4 Å². The van der Waals surface area contributed by atoms with Crippen molar-refractivity contribution in [1.29, 1.82) is 0 Å². The molecule has 11 N–H and O–H groups in total. The van der Waals surface area contributed by atoms with Crippen molar-refractivity contribution < 1.29 is 43.2 Å². The first-order chi connectivity index (χ1) is 32.6. The number of nitrogens with two attached hydrogens (primary N) is 1. The molecule has 1 saturated heterocycles. The molecule has 0 aromatic heterocycles. The van der Waals surface area contributed by atoms with Gasteiger partial charge in [0.05, 0.1) is 13.1 Å². The molecule has 10 amide bonds. The number of carbonyl (C=O) groups is 9. The largest absolute Gasteiger partial charge is 0.370 e. The van der Waals surface area contributed by atoms with Crippen LogP contribution in [0, 0.1) is 5.92 Å². The second-order valence-corrected chi connectivity index (χ2v) is 18.5. The smallest absolute Gasteiger partial charge is 0.324 e. The molecule has 382 valence electrons. The summed E-state index contributed by atoms with van der Waals surface area (Å²) in [5.74, 6) is -5.04. The summed E-state index contributed by atoms with van der Waals surface area (Å²) in [5.41, 5.74) is 5.38. The minimum Gasteiger partial charge on any atom is -0.370 e. The predicted octanol–water partition coefficient (Wildman–Crippen LogP) is 1.44. The van der Waals surface area contributed by atoms with Crippen molar-refractivity contribution >= 4 is 71.0 Å². The predicted molar refractivity (Wildman–Crippen MR) is 262 cm³/mol. The minimum atomic E-state index is -1.52. The number of nitrogens with one attached hydrogen (secondary N) is 9. The second-order valence-electron chi connectivity index (χ2n) is 17.4. The number of amides is 10.